The maximum Gasteiger partial charge on any atom is 0.257 e. The van der Waals surface area contributed by atoms with Crippen LogP contribution in [0.5, 0.6) is 5.75 Å². The average Bonchev–Trinajstić information content (AvgIpc) is 2.85. The molecule has 0 atom stereocenters. The molecule has 0 radical (unpaired) electrons. The van der Waals surface area contributed by atoms with Crippen LogP contribution in [0.15, 0.2) is 41.2 Å². The van der Waals surface area contributed by atoms with E-state index in [9.17, 15) is 9.18 Å². The van der Waals surface area contributed by atoms with Crippen LogP contribution in [-0.4, -0.2) is 24.0 Å². The van der Waals surface area contributed by atoms with Gasteiger partial charge in [0.05, 0.1) is 18.4 Å². The summed E-state index contributed by atoms with van der Waals surface area (Å²) in [6.07, 6.45) is 2.86. The van der Waals surface area contributed by atoms with Crippen LogP contribution >= 0.6 is 0 Å². The lowest BCUT2D eigenvalue weighted by molar-refractivity contribution is 0.0732. The number of furan rings is 1. The van der Waals surface area contributed by atoms with Gasteiger partial charge in [0.2, 0.25) is 0 Å². The summed E-state index contributed by atoms with van der Waals surface area (Å²) in [5, 5.41) is 0. The summed E-state index contributed by atoms with van der Waals surface area (Å²) >= 11 is 0. The number of halogens is 1. The normalized spacial score (nSPS) is 14.5. The standard InChI is InChI=1S/C14H12FNO3/c15-12-1-2-13-11(7-12)8-16(4-6-19-13)14(17)10-3-5-18-9-10/h1-3,5,7,9H,4,6,8H2. The van der Waals surface area contributed by atoms with Crippen LogP contribution < -0.4 is 4.74 Å². The highest BCUT2D eigenvalue weighted by molar-refractivity contribution is 5.93. The molecule has 1 amide bonds. The molecule has 1 aromatic heterocycles. The summed E-state index contributed by atoms with van der Waals surface area (Å²) in [6.45, 7) is 1.18. The number of hydrogen-bond acceptors (Lipinski definition) is 3. The molecule has 0 saturated carbocycles. The van der Waals surface area contributed by atoms with Crippen molar-refractivity contribution < 1.29 is 18.3 Å². The third-order valence-electron chi connectivity index (χ3n) is 3.06. The first kappa shape index (κ1) is 11.8. The van der Waals surface area contributed by atoms with E-state index in [-0.39, 0.29) is 11.7 Å². The third kappa shape index (κ3) is 2.31. The molecule has 19 heavy (non-hydrogen) atoms. The number of carbonyl (C=O) groups excluding carboxylic acids is 1. The lowest BCUT2D eigenvalue weighted by Gasteiger charge is -2.18. The number of amides is 1. The Morgan fingerprint density at radius 2 is 2.21 bits per heavy atom. The van der Waals surface area contributed by atoms with Crippen molar-refractivity contribution in [3.63, 3.8) is 0 Å². The predicted molar refractivity (Wildman–Crippen MR) is 65.3 cm³/mol. The first-order valence-electron chi connectivity index (χ1n) is 5.97. The van der Waals surface area contributed by atoms with Crippen LogP contribution in [0.25, 0.3) is 0 Å². The van der Waals surface area contributed by atoms with Gasteiger partial charge in [0.1, 0.15) is 24.4 Å². The Morgan fingerprint density at radius 3 is 3.00 bits per heavy atom. The molecule has 0 fully saturated rings. The van der Waals surface area contributed by atoms with Crippen LogP contribution in [0.2, 0.25) is 0 Å². The number of nitrogens with zero attached hydrogens (tertiary/aromatic N) is 1. The van der Waals surface area contributed by atoms with E-state index < -0.39 is 0 Å². The monoisotopic (exact) mass is 261 g/mol. The zero-order chi connectivity index (χ0) is 13.2. The molecule has 0 bridgehead atoms. The van der Waals surface area contributed by atoms with E-state index in [1.807, 2.05) is 0 Å². The van der Waals surface area contributed by atoms with Gasteiger partial charge in [-0.05, 0) is 24.3 Å². The third-order valence-corrected chi connectivity index (χ3v) is 3.06. The minimum atomic E-state index is -0.333. The lowest BCUT2D eigenvalue weighted by atomic mass is 10.1. The van der Waals surface area contributed by atoms with Gasteiger partial charge in [-0.2, -0.15) is 0 Å². The Bertz CT molecular complexity index is 595. The number of fused-ring (bicyclic) bond motifs is 1. The molecule has 0 spiro atoms. The molecule has 98 valence electrons. The Balaban J connectivity index is 1.87. The molecule has 0 aliphatic carbocycles. The number of benzene rings is 1. The van der Waals surface area contributed by atoms with Crippen molar-refractivity contribution in [2.75, 3.05) is 13.2 Å². The maximum absolute atomic E-state index is 13.3. The fourth-order valence-corrected chi connectivity index (χ4v) is 2.10. The fraction of sp³-hybridized carbons (Fsp3) is 0.214. The minimum Gasteiger partial charge on any atom is -0.491 e. The number of hydrogen-bond donors (Lipinski definition) is 0. The fourth-order valence-electron chi connectivity index (χ4n) is 2.10. The van der Waals surface area contributed by atoms with Gasteiger partial charge in [-0.1, -0.05) is 0 Å². The molecule has 0 N–H and O–H groups in total. The maximum atomic E-state index is 13.3. The highest BCUT2D eigenvalue weighted by Crippen LogP contribution is 2.24. The molecular formula is C14H12FNO3. The van der Waals surface area contributed by atoms with E-state index in [4.69, 9.17) is 9.15 Å². The predicted octanol–water partition coefficient (Wildman–Crippen LogP) is 2.45. The molecule has 4 nitrogen and oxygen atoms in total. The molecule has 2 heterocycles. The van der Waals surface area contributed by atoms with E-state index in [0.29, 0.717) is 36.6 Å². The second kappa shape index (κ2) is 4.76. The first-order chi connectivity index (χ1) is 9.24. The smallest absolute Gasteiger partial charge is 0.257 e. The highest BCUT2D eigenvalue weighted by Gasteiger charge is 2.21. The molecular weight excluding hydrogens is 249 g/mol. The van der Waals surface area contributed by atoms with Crippen molar-refractivity contribution in [1.29, 1.82) is 0 Å². The first-order valence-corrected chi connectivity index (χ1v) is 5.97. The van der Waals surface area contributed by atoms with Crippen molar-refractivity contribution in [2.45, 2.75) is 6.54 Å². The number of ether oxygens (including phenoxy) is 1. The van der Waals surface area contributed by atoms with Gasteiger partial charge < -0.3 is 14.1 Å². The van der Waals surface area contributed by atoms with Crippen LogP contribution in [0, 0.1) is 5.82 Å². The summed E-state index contributed by atoms with van der Waals surface area (Å²) in [5.41, 5.74) is 1.16. The number of rotatable bonds is 1. The van der Waals surface area contributed by atoms with Crippen LogP contribution in [0.4, 0.5) is 4.39 Å². The second-order valence-electron chi connectivity index (χ2n) is 4.34. The van der Waals surface area contributed by atoms with Crippen molar-refractivity contribution in [3.05, 3.63) is 53.7 Å². The molecule has 0 saturated heterocycles. The summed E-state index contributed by atoms with van der Waals surface area (Å²) in [5.74, 6) is 0.151. The van der Waals surface area contributed by atoms with Gasteiger partial charge in [-0.3, -0.25) is 4.79 Å². The van der Waals surface area contributed by atoms with E-state index in [0.717, 1.165) is 0 Å². The van der Waals surface area contributed by atoms with Crippen molar-refractivity contribution in [1.82, 2.24) is 4.90 Å². The minimum absolute atomic E-state index is 0.144. The summed E-state index contributed by atoms with van der Waals surface area (Å²) in [7, 11) is 0. The molecule has 1 aromatic carbocycles. The molecule has 1 aliphatic heterocycles. The van der Waals surface area contributed by atoms with E-state index in [1.54, 1.807) is 17.0 Å². The summed E-state index contributed by atoms with van der Waals surface area (Å²) in [4.78, 5) is 13.8. The second-order valence-corrected chi connectivity index (χ2v) is 4.34. The topological polar surface area (TPSA) is 42.7 Å². The van der Waals surface area contributed by atoms with E-state index in [1.165, 1.54) is 24.7 Å². The summed E-state index contributed by atoms with van der Waals surface area (Å²) in [6, 6.07) is 5.96. The van der Waals surface area contributed by atoms with Crippen molar-refractivity contribution in [3.8, 4) is 5.75 Å². The van der Waals surface area contributed by atoms with Crippen molar-refractivity contribution >= 4 is 5.91 Å². The SMILES string of the molecule is O=C(c1ccoc1)N1CCOc2ccc(F)cc2C1. The molecule has 1 aliphatic rings. The Kier molecular flexibility index (Phi) is 2.95. The zero-order valence-electron chi connectivity index (χ0n) is 10.1. The van der Waals surface area contributed by atoms with Gasteiger partial charge in [-0.25, -0.2) is 4.39 Å². The van der Waals surface area contributed by atoms with Crippen LogP contribution in [-0.2, 0) is 6.54 Å². The Morgan fingerprint density at radius 1 is 1.32 bits per heavy atom. The van der Waals surface area contributed by atoms with Crippen LogP contribution in [0.3, 0.4) is 0 Å². The van der Waals surface area contributed by atoms with Gasteiger partial charge in [0, 0.05) is 12.1 Å². The quantitative estimate of drug-likeness (QED) is 0.792. The average molecular weight is 261 g/mol. The van der Waals surface area contributed by atoms with E-state index >= 15 is 0 Å². The van der Waals surface area contributed by atoms with Crippen molar-refractivity contribution in [2.24, 2.45) is 0 Å². The highest BCUT2D eigenvalue weighted by atomic mass is 19.1. The number of carbonyl (C=O) groups is 1. The van der Waals surface area contributed by atoms with Gasteiger partial charge in [0.15, 0.2) is 0 Å². The van der Waals surface area contributed by atoms with Gasteiger partial charge >= 0.3 is 0 Å². The van der Waals surface area contributed by atoms with Gasteiger partial charge in [0.25, 0.3) is 5.91 Å². The van der Waals surface area contributed by atoms with E-state index in [2.05, 4.69) is 0 Å². The summed E-state index contributed by atoms with van der Waals surface area (Å²) < 4.78 is 23.7. The molecule has 3 rings (SSSR count). The Hall–Kier alpha value is -2.30. The molecule has 0 unspecified atom stereocenters. The lowest BCUT2D eigenvalue weighted by Crippen LogP contribution is -2.32. The zero-order valence-corrected chi connectivity index (χ0v) is 10.1. The largest absolute Gasteiger partial charge is 0.491 e. The Labute approximate surface area is 109 Å². The van der Waals surface area contributed by atoms with Crippen LogP contribution in [0.1, 0.15) is 15.9 Å². The van der Waals surface area contributed by atoms with Gasteiger partial charge in [-0.15, -0.1) is 0 Å². The molecule has 2 aromatic rings. The molecule has 5 heteroatoms.